The summed E-state index contributed by atoms with van der Waals surface area (Å²) in [4.78, 5) is 8.96. The molecule has 1 heterocycles. The molecule has 0 aliphatic rings. The highest BCUT2D eigenvalue weighted by atomic mass is 127. The van der Waals surface area contributed by atoms with E-state index in [1.54, 1.807) is 6.26 Å². The van der Waals surface area contributed by atoms with Gasteiger partial charge in [0, 0.05) is 18.7 Å². The highest BCUT2D eigenvalue weighted by Crippen LogP contribution is 2.18. The van der Waals surface area contributed by atoms with Gasteiger partial charge >= 0.3 is 0 Å². The minimum Gasteiger partial charge on any atom is -0.444 e. The van der Waals surface area contributed by atoms with Gasteiger partial charge in [0.2, 0.25) is 5.89 Å². The van der Waals surface area contributed by atoms with Gasteiger partial charge in [-0.05, 0) is 25.5 Å². The van der Waals surface area contributed by atoms with Gasteiger partial charge in [-0.3, -0.25) is 0 Å². The number of hydrogen-bond acceptors (Lipinski definition) is 3. The van der Waals surface area contributed by atoms with Gasteiger partial charge in [-0.25, -0.2) is 9.98 Å². The van der Waals surface area contributed by atoms with E-state index in [2.05, 4.69) is 27.5 Å². The van der Waals surface area contributed by atoms with Crippen molar-refractivity contribution in [3.63, 3.8) is 0 Å². The van der Waals surface area contributed by atoms with Crippen molar-refractivity contribution in [3.8, 4) is 11.5 Å². The maximum atomic E-state index is 5.50. The first-order valence-electron chi connectivity index (χ1n) is 7.35. The molecule has 22 heavy (non-hydrogen) atoms. The van der Waals surface area contributed by atoms with Crippen molar-refractivity contribution < 1.29 is 4.42 Å². The van der Waals surface area contributed by atoms with E-state index in [1.165, 1.54) is 0 Å². The number of nitrogens with one attached hydrogen (secondary N) is 2. The second-order valence-corrected chi connectivity index (χ2v) is 4.63. The van der Waals surface area contributed by atoms with Crippen LogP contribution in [0.3, 0.4) is 0 Å². The SMILES string of the molecule is CCCNC(=NCc1coc(-c2ccccc2)n1)NCC.I. The molecule has 5 nitrogen and oxygen atoms in total. The second-order valence-electron chi connectivity index (χ2n) is 4.63. The van der Waals surface area contributed by atoms with Gasteiger partial charge < -0.3 is 15.1 Å². The summed E-state index contributed by atoms with van der Waals surface area (Å²) in [5.74, 6) is 1.44. The first kappa shape index (κ1) is 18.5. The number of aromatic nitrogens is 1. The minimum atomic E-state index is 0. The van der Waals surface area contributed by atoms with Crippen LogP contribution in [0.25, 0.3) is 11.5 Å². The lowest BCUT2D eigenvalue weighted by Crippen LogP contribution is -2.37. The Kier molecular flexibility index (Phi) is 8.57. The van der Waals surface area contributed by atoms with Crippen LogP contribution in [-0.2, 0) is 6.54 Å². The van der Waals surface area contributed by atoms with E-state index >= 15 is 0 Å². The molecule has 2 aromatic rings. The zero-order valence-electron chi connectivity index (χ0n) is 13.0. The van der Waals surface area contributed by atoms with Crippen molar-refractivity contribution in [2.75, 3.05) is 13.1 Å². The Morgan fingerprint density at radius 3 is 2.64 bits per heavy atom. The van der Waals surface area contributed by atoms with Crippen molar-refractivity contribution in [2.45, 2.75) is 26.8 Å². The van der Waals surface area contributed by atoms with Gasteiger partial charge in [0.05, 0.1) is 6.54 Å². The van der Waals surface area contributed by atoms with Gasteiger partial charge in [0.15, 0.2) is 5.96 Å². The van der Waals surface area contributed by atoms with Gasteiger partial charge in [-0.1, -0.05) is 25.1 Å². The number of nitrogens with zero attached hydrogens (tertiary/aromatic N) is 2. The second kappa shape index (κ2) is 10.2. The Hall–Kier alpha value is -1.57. The molecule has 0 unspecified atom stereocenters. The van der Waals surface area contributed by atoms with Crippen LogP contribution in [0, 0.1) is 0 Å². The highest BCUT2D eigenvalue weighted by Gasteiger charge is 2.06. The van der Waals surface area contributed by atoms with Crippen LogP contribution in [0.4, 0.5) is 0 Å². The third-order valence-corrected chi connectivity index (χ3v) is 2.86. The highest BCUT2D eigenvalue weighted by molar-refractivity contribution is 14.0. The Bertz CT molecular complexity index is 569. The summed E-state index contributed by atoms with van der Waals surface area (Å²) in [5.41, 5.74) is 1.80. The maximum Gasteiger partial charge on any atom is 0.226 e. The van der Waals surface area contributed by atoms with Gasteiger partial charge in [0.1, 0.15) is 12.0 Å². The summed E-state index contributed by atoms with van der Waals surface area (Å²) in [6.45, 7) is 6.41. The summed E-state index contributed by atoms with van der Waals surface area (Å²) in [7, 11) is 0. The van der Waals surface area contributed by atoms with Crippen LogP contribution in [0.1, 0.15) is 26.0 Å². The molecule has 2 N–H and O–H groups in total. The molecule has 0 amide bonds. The lowest BCUT2D eigenvalue weighted by molar-refractivity contribution is 0.572. The van der Waals surface area contributed by atoms with Crippen molar-refractivity contribution in [1.29, 1.82) is 0 Å². The molecule has 120 valence electrons. The molecule has 0 saturated heterocycles. The van der Waals surface area contributed by atoms with Crippen LogP contribution >= 0.6 is 24.0 Å². The standard InChI is InChI=1S/C16H22N4O.HI/c1-3-10-18-16(17-4-2)19-11-14-12-21-15(20-14)13-8-6-5-7-9-13;/h5-9,12H,3-4,10-11H2,1-2H3,(H2,17,18,19);1H. The fourth-order valence-corrected chi connectivity index (χ4v) is 1.84. The van der Waals surface area contributed by atoms with E-state index in [0.29, 0.717) is 12.4 Å². The predicted molar refractivity (Wildman–Crippen MR) is 100 cm³/mol. The van der Waals surface area contributed by atoms with Gasteiger partial charge in [-0.15, -0.1) is 24.0 Å². The zero-order valence-corrected chi connectivity index (χ0v) is 15.3. The van der Waals surface area contributed by atoms with E-state index in [4.69, 9.17) is 4.42 Å². The van der Waals surface area contributed by atoms with Crippen LogP contribution in [0.5, 0.6) is 0 Å². The van der Waals surface area contributed by atoms with E-state index in [-0.39, 0.29) is 24.0 Å². The normalized spacial score (nSPS) is 10.9. The number of rotatable bonds is 6. The molecule has 0 aliphatic heterocycles. The molecule has 0 spiro atoms. The molecule has 0 saturated carbocycles. The monoisotopic (exact) mass is 414 g/mol. The Morgan fingerprint density at radius 1 is 1.18 bits per heavy atom. The largest absolute Gasteiger partial charge is 0.444 e. The van der Waals surface area contributed by atoms with Crippen molar-refractivity contribution in [2.24, 2.45) is 4.99 Å². The summed E-state index contributed by atoms with van der Waals surface area (Å²) < 4.78 is 5.50. The van der Waals surface area contributed by atoms with E-state index in [1.807, 2.05) is 37.3 Å². The summed E-state index contributed by atoms with van der Waals surface area (Å²) in [5, 5.41) is 6.47. The van der Waals surface area contributed by atoms with Crippen molar-refractivity contribution in [1.82, 2.24) is 15.6 Å². The lowest BCUT2D eigenvalue weighted by atomic mass is 10.2. The fraction of sp³-hybridized carbons (Fsp3) is 0.375. The number of benzene rings is 1. The summed E-state index contributed by atoms with van der Waals surface area (Å²) in [6, 6.07) is 9.86. The van der Waals surface area contributed by atoms with Crippen LogP contribution < -0.4 is 10.6 Å². The molecule has 0 aliphatic carbocycles. The molecular weight excluding hydrogens is 391 g/mol. The molecule has 6 heteroatoms. The predicted octanol–water partition coefficient (Wildman–Crippen LogP) is 3.42. The zero-order chi connectivity index (χ0) is 14.9. The average molecular weight is 414 g/mol. The quantitative estimate of drug-likeness (QED) is 0.432. The van der Waals surface area contributed by atoms with Crippen LogP contribution in [0.15, 0.2) is 46.0 Å². The molecule has 0 atom stereocenters. The average Bonchev–Trinajstić information content (AvgIpc) is 3.00. The summed E-state index contributed by atoms with van der Waals surface area (Å²) >= 11 is 0. The van der Waals surface area contributed by atoms with Gasteiger partial charge in [0.25, 0.3) is 0 Å². The molecular formula is C16H23IN4O. The Labute approximate surface area is 148 Å². The molecule has 0 radical (unpaired) electrons. The number of halogens is 1. The third-order valence-electron chi connectivity index (χ3n) is 2.86. The van der Waals surface area contributed by atoms with E-state index < -0.39 is 0 Å². The number of aliphatic imine (C=N–C) groups is 1. The molecule has 2 rings (SSSR count). The molecule has 1 aromatic carbocycles. The third kappa shape index (κ3) is 5.67. The summed E-state index contributed by atoms with van der Waals surface area (Å²) in [6.07, 6.45) is 2.72. The number of guanidine groups is 1. The topological polar surface area (TPSA) is 62.5 Å². The smallest absolute Gasteiger partial charge is 0.226 e. The Balaban J connectivity index is 0.00000242. The fourth-order valence-electron chi connectivity index (χ4n) is 1.84. The molecule has 0 bridgehead atoms. The first-order chi connectivity index (χ1) is 10.3. The van der Waals surface area contributed by atoms with Crippen molar-refractivity contribution >= 4 is 29.9 Å². The van der Waals surface area contributed by atoms with E-state index in [9.17, 15) is 0 Å². The molecule has 1 aromatic heterocycles. The number of hydrogen-bond donors (Lipinski definition) is 2. The van der Waals surface area contributed by atoms with Crippen LogP contribution in [0.2, 0.25) is 0 Å². The van der Waals surface area contributed by atoms with Crippen molar-refractivity contribution in [3.05, 3.63) is 42.3 Å². The Morgan fingerprint density at radius 2 is 1.95 bits per heavy atom. The lowest BCUT2D eigenvalue weighted by Gasteiger charge is -2.09. The van der Waals surface area contributed by atoms with Crippen LogP contribution in [-0.4, -0.2) is 24.0 Å². The van der Waals surface area contributed by atoms with Gasteiger partial charge in [-0.2, -0.15) is 0 Å². The maximum absolute atomic E-state index is 5.50. The van der Waals surface area contributed by atoms with E-state index in [0.717, 1.165) is 36.7 Å². The first-order valence-corrected chi connectivity index (χ1v) is 7.35. The number of oxazole rings is 1. The minimum absolute atomic E-state index is 0. The molecule has 0 fully saturated rings.